The van der Waals surface area contributed by atoms with Crippen LogP contribution in [0.1, 0.15) is 0 Å². The van der Waals surface area contributed by atoms with Gasteiger partial charge >= 0.3 is 0 Å². The summed E-state index contributed by atoms with van der Waals surface area (Å²) in [6.07, 6.45) is 1.45. The highest BCUT2D eigenvalue weighted by Gasteiger charge is 2.08. The molecule has 0 fully saturated rings. The van der Waals surface area contributed by atoms with Crippen LogP contribution in [0.4, 0.5) is 11.8 Å². The van der Waals surface area contributed by atoms with E-state index in [4.69, 9.17) is 22.6 Å². The number of aliphatic hydroxyl groups excluding tert-OH is 1. The molecule has 0 spiro atoms. The van der Waals surface area contributed by atoms with Gasteiger partial charge in [-0.3, -0.25) is 5.43 Å². The molecule has 14 heavy (non-hydrogen) atoms. The first-order valence-corrected chi connectivity index (χ1v) is 4.38. The zero-order chi connectivity index (χ0) is 10.6. The molecule has 1 heterocycles. The average Bonchev–Trinajstić information content (AvgIpc) is 2.19. The van der Waals surface area contributed by atoms with Crippen LogP contribution in [0.5, 0.6) is 0 Å². The number of nitrogens with zero attached hydrogens (tertiary/aromatic N) is 3. The predicted octanol–water partition coefficient (Wildman–Crippen LogP) is -0.156. The van der Waals surface area contributed by atoms with Gasteiger partial charge in [0.25, 0.3) is 0 Å². The van der Waals surface area contributed by atoms with Gasteiger partial charge in [-0.2, -0.15) is 4.98 Å². The first-order valence-electron chi connectivity index (χ1n) is 4.00. The fourth-order valence-corrected chi connectivity index (χ4v) is 1.19. The van der Waals surface area contributed by atoms with Crippen molar-refractivity contribution in [2.24, 2.45) is 5.84 Å². The highest BCUT2D eigenvalue weighted by Crippen LogP contribution is 2.21. The maximum Gasteiger partial charge on any atom is 0.239 e. The lowest BCUT2D eigenvalue weighted by Gasteiger charge is -2.17. The topological polar surface area (TPSA) is 87.3 Å². The molecule has 0 aliphatic carbocycles. The lowest BCUT2D eigenvalue weighted by Crippen LogP contribution is -2.23. The summed E-state index contributed by atoms with van der Waals surface area (Å²) < 4.78 is 0. The van der Waals surface area contributed by atoms with E-state index in [9.17, 15) is 0 Å². The van der Waals surface area contributed by atoms with Gasteiger partial charge in [0.15, 0.2) is 5.82 Å². The molecule has 1 rings (SSSR count). The van der Waals surface area contributed by atoms with Crippen LogP contribution >= 0.6 is 11.6 Å². The molecule has 0 bridgehead atoms. The minimum absolute atomic E-state index is 0.0300. The smallest absolute Gasteiger partial charge is 0.239 e. The van der Waals surface area contributed by atoms with E-state index in [0.717, 1.165) is 0 Å². The number of nitrogen functional groups attached to an aromatic ring is 1. The Kier molecular flexibility index (Phi) is 3.87. The molecule has 0 saturated carbocycles. The van der Waals surface area contributed by atoms with Crippen molar-refractivity contribution in [2.75, 3.05) is 30.5 Å². The van der Waals surface area contributed by atoms with Gasteiger partial charge < -0.3 is 10.0 Å². The van der Waals surface area contributed by atoms with Crippen molar-refractivity contribution in [1.29, 1.82) is 0 Å². The number of rotatable bonds is 4. The minimum atomic E-state index is 0.0300. The molecule has 4 N–H and O–H groups in total. The Morgan fingerprint density at radius 1 is 1.71 bits per heavy atom. The van der Waals surface area contributed by atoms with E-state index >= 15 is 0 Å². The van der Waals surface area contributed by atoms with Gasteiger partial charge in [-0.15, -0.1) is 0 Å². The van der Waals surface area contributed by atoms with Crippen molar-refractivity contribution in [2.45, 2.75) is 0 Å². The van der Waals surface area contributed by atoms with Crippen molar-refractivity contribution in [3.05, 3.63) is 11.2 Å². The number of likely N-dealkylation sites (N-methyl/N-ethyl adjacent to an activating group) is 1. The van der Waals surface area contributed by atoms with Crippen molar-refractivity contribution >= 4 is 23.4 Å². The number of halogens is 1. The van der Waals surface area contributed by atoms with E-state index in [0.29, 0.717) is 17.4 Å². The molecule has 0 amide bonds. The van der Waals surface area contributed by atoms with Crippen LogP contribution in [0.3, 0.4) is 0 Å². The third kappa shape index (κ3) is 2.44. The largest absolute Gasteiger partial charge is 0.395 e. The van der Waals surface area contributed by atoms with Gasteiger partial charge in [-0.1, -0.05) is 11.6 Å². The van der Waals surface area contributed by atoms with Crippen LogP contribution in [0.25, 0.3) is 0 Å². The molecular weight excluding hydrogens is 206 g/mol. The molecule has 6 nitrogen and oxygen atoms in total. The van der Waals surface area contributed by atoms with Crippen LogP contribution < -0.4 is 16.2 Å². The van der Waals surface area contributed by atoms with E-state index in [1.54, 1.807) is 11.9 Å². The maximum absolute atomic E-state index is 8.75. The summed E-state index contributed by atoms with van der Waals surface area (Å²) in [7, 11) is 1.77. The first-order chi connectivity index (χ1) is 6.69. The van der Waals surface area contributed by atoms with Crippen LogP contribution in [0.15, 0.2) is 6.20 Å². The van der Waals surface area contributed by atoms with Gasteiger partial charge in [0.2, 0.25) is 5.95 Å². The second-order valence-electron chi connectivity index (χ2n) is 2.65. The number of nitrogens with two attached hydrogens (primary N) is 1. The number of aromatic nitrogens is 2. The second kappa shape index (κ2) is 4.94. The highest BCUT2D eigenvalue weighted by molar-refractivity contribution is 6.32. The molecule has 78 valence electrons. The van der Waals surface area contributed by atoms with Crippen molar-refractivity contribution in [3.8, 4) is 0 Å². The molecule has 0 aliphatic rings. The van der Waals surface area contributed by atoms with Gasteiger partial charge in [0, 0.05) is 13.6 Å². The molecule has 0 saturated heterocycles. The van der Waals surface area contributed by atoms with E-state index in [-0.39, 0.29) is 12.6 Å². The van der Waals surface area contributed by atoms with Gasteiger partial charge in [0.05, 0.1) is 12.8 Å². The Balaban J connectivity index is 2.93. The van der Waals surface area contributed by atoms with Crippen LogP contribution in [-0.4, -0.2) is 35.3 Å². The zero-order valence-corrected chi connectivity index (χ0v) is 8.49. The second-order valence-corrected chi connectivity index (χ2v) is 3.06. The van der Waals surface area contributed by atoms with E-state index in [1.807, 2.05) is 0 Å². The number of hydrogen-bond donors (Lipinski definition) is 3. The Morgan fingerprint density at radius 3 is 3.00 bits per heavy atom. The third-order valence-corrected chi connectivity index (χ3v) is 1.92. The summed E-state index contributed by atoms with van der Waals surface area (Å²) in [5.41, 5.74) is 2.32. The summed E-state index contributed by atoms with van der Waals surface area (Å²) in [6.45, 7) is 0.475. The summed E-state index contributed by atoms with van der Waals surface area (Å²) in [5.74, 6) is 5.97. The molecule has 0 aliphatic heterocycles. The SMILES string of the molecule is CN(CCO)c1nc(NN)ncc1Cl. The normalized spacial score (nSPS) is 10.0. The predicted molar refractivity (Wildman–Crippen MR) is 55.2 cm³/mol. The summed E-state index contributed by atoms with van der Waals surface area (Å²) in [4.78, 5) is 9.59. The van der Waals surface area contributed by atoms with Gasteiger partial charge in [-0.05, 0) is 0 Å². The monoisotopic (exact) mass is 217 g/mol. The molecular formula is C7H12ClN5O. The van der Waals surface area contributed by atoms with E-state index in [2.05, 4.69) is 15.4 Å². The van der Waals surface area contributed by atoms with Crippen molar-refractivity contribution < 1.29 is 5.11 Å². The quantitative estimate of drug-likeness (QED) is 0.480. The first kappa shape index (κ1) is 11.0. The third-order valence-electron chi connectivity index (χ3n) is 1.65. The highest BCUT2D eigenvalue weighted by atomic mass is 35.5. The van der Waals surface area contributed by atoms with Crippen LogP contribution in [0.2, 0.25) is 5.02 Å². The molecule has 7 heteroatoms. The number of nitrogens with one attached hydrogen (secondary N) is 1. The molecule has 1 aromatic rings. The summed E-state index contributed by atoms with van der Waals surface area (Å²) >= 11 is 5.87. The molecule has 0 atom stereocenters. The number of hydrazine groups is 1. The minimum Gasteiger partial charge on any atom is -0.395 e. The lowest BCUT2D eigenvalue weighted by molar-refractivity contribution is 0.304. The molecule has 0 aromatic carbocycles. The van der Waals surface area contributed by atoms with Crippen LogP contribution in [-0.2, 0) is 0 Å². The summed E-state index contributed by atoms with van der Waals surface area (Å²) in [5, 5.41) is 9.16. The summed E-state index contributed by atoms with van der Waals surface area (Å²) in [6, 6.07) is 0. The van der Waals surface area contributed by atoms with Crippen LogP contribution in [0, 0.1) is 0 Å². The Hall–Kier alpha value is -1.11. The van der Waals surface area contributed by atoms with Gasteiger partial charge in [0.1, 0.15) is 5.02 Å². The van der Waals surface area contributed by atoms with Crippen molar-refractivity contribution in [1.82, 2.24) is 9.97 Å². The number of anilines is 2. The number of aliphatic hydroxyl groups is 1. The molecule has 1 aromatic heterocycles. The van der Waals surface area contributed by atoms with E-state index in [1.165, 1.54) is 6.20 Å². The standard InChI is InChI=1S/C7H12ClN5O/c1-13(2-3-14)6-5(8)4-10-7(11-6)12-9/h4,14H,2-3,9H2,1H3,(H,10,11,12). The van der Waals surface area contributed by atoms with E-state index < -0.39 is 0 Å². The lowest BCUT2D eigenvalue weighted by atomic mass is 10.5. The molecule has 0 radical (unpaired) electrons. The molecule has 0 unspecified atom stereocenters. The fourth-order valence-electron chi connectivity index (χ4n) is 0.951. The van der Waals surface area contributed by atoms with Gasteiger partial charge in [-0.25, -0.2) is 10.8 Å². The maximum atomic E-state index is 8.75. The Labute approximate surface area is 86.7 Å². The Morgan fingerprint density at radius 2 is 2.43 bits per heavy atom. The Bertz CT molecular complexity index is 308. The average molecular weight is 218 g/mol. The number of hydrogen-bond acceptors (Lipinski definition) is 6. The zero-order valence-electron chi connectivity index (χ0n) is 7.74. The fraction of sp³-hybridized carbons (Fsp3) is 0.429. The van der Waals surface area contributed by atoms with Crippen molar-refractivity contribution in [3.63, 3.8) is 0 Å².